The molecule has 0 aliphatic carbocycles. The highest BCUT2D eigenvalue weighted by Crippen LogP contribution is 2.19. The SMILES string of the molecule is Nc1ncc(Cl)c(NCc2cccc(F)c2)n1. The Morgan fingerprint density at radius 2 is 2.24 bits per heavy atom. The van der Waals surface area contributed by atoms with E-state index in [-0.39, 0.29) is 11.8 Å². The molecule has 2 aromatic rings. The molecule has 0 fully saturated rings. The summed E-state index contributed by atoms with van der Waals surface area (Å²) in [7, 11) is 0. The van der Waals surface area contributed by atoms with E-state index in [9.17, 15) is 4.39 Å². The minimum atomic E-state index is -0.280. The van der Waals surface area contributed by atoms with Crippen LogP contribution in [0.15, 0.2) is 30.5 Å². The number of hydrogen-bond acceptors (Lipinski definition) is 4. The van der Waals surface area contributed by atoms with Crippen LogP contribution in [0.3, 0.4) is 0 Å². The molecule has 0 saturated heterocycles. The number of rotatable bonds is 3. The lowest BCUT2D eigenvalue weighted by atomic mass is 10.2. The Labute approximate surface area is 103 Å². The summed E-state index contributed by atoms with van der Waals surface area (Å²) < 4.78 is 12.9. The molecule has 0 atom stereocenters. The molecule has 0 unspecified atom stereocenters. The Bertz CT molecular complexity index is 533. The number of anilines is 2. The summed E-state index contributed by atoms with van der Waals surface area (Å²) in [5.74, 6) is 0.289. The third-order valence-corrected chi connectivity index (χ3v) is 2.39. The molecule has 0 spiro atoms. The molecule has 6 heteroatoms. The molecule has 0 radical (unpaired) electrons. The third kappa shape index (κ3) is 3.04. The van der Waals surface area contributed by atoms with Crippen molar-refractivity contribution in [2.24, 2.45) is 0 Å². The molecule has 4 nitrogen and oxygen atoms in total. The number of benzene rings is 1. The lowest BCUT2D eigenvalue weighted by Gasteiger charge is -2.07. The van der Waals surface area contributed by atoms with Crippen molar-refractivity contribution in [3.63, 3.8) is 0 Å². The van der Waals surface area contributed by atoms with E-state index in [1.54, 1.807) is 12.1 Å². The fourth-order valence-corrected chi connectivity index (χ4v) is 1.50. The topological polar surface area (TPSA) is 63.8 Å². The van der Waals surface area contributed by atoms with Crippen LogP contribution in [0.5, 0.6) is 0 Å². The summed E-state index contributed by atoms with van der Waals surface area (Å²) in [6.45, 7) is 0.411. The van der Waals surface area contributed by atoms with Gasteiger partial charge in [0, 0.05) is 6.54 Å². The Balaban J connectivity index is 2.09. The zero-order valence-electron chi connectivity index (χ0n) is 8.82. The van der Waals surface area contributed by atoms with Gasteiger partial charge in [-0.15, -0.1) is 0 Å². The molecule has 1 aromatic heterocycles. The molecule has 0 bridgehead atoms. The molecule has 1 aromatic carbocycles. The van der Waals surface area contributed by atoms with Gasteiger partial charge in [0.2, 0.25) is 5.95 Å². The monoisotopic (exact) mass is 252 g/mol. The van der Waals surface area contributed by atoms with Crippen LogP contribution in [0, 0.1) is 5.82 Å². The first kappa shape index (κ1) is 11.6. The number of nitrogens with two attached hydrogens (primary N) is 1. The van der Waals surface area contributed by atoms with E-state index < -0.39 is 0 Å². The van der Waals surface area contributed by atoms with Gasteiger partial charge in [0.15, 0.2) is 5.82 Å². The molecule has 88 valence electrons. The van der Waals surface area contributed by atoms with Crippen LogP contribution in [0.2, 0.25) is 5.02 Å². The van der Waals surface area contributed by atoms with Gasteiger partial charge in [0.05, 0.1) is 6.20 Å². The van der Waals surface area contributed by atoms with Crippen molar-refractivity contribution in [3.8, 4) is 0 Å². The number of nitrogens with one attached hydrogen (secondary N) is 1. The van der Waals surface area contributed by atoms with E-state index in [0.29, 0.717) is 17.4 Å². The van der Waals surface area contributed by atoms with Gasteiger partial charge in [-0.25, -0.2) is 9.37 Å². The molecule has 0 saturated carbocycles. The van der Waals surface area contributed by atoms with E-state index in [2.05, 4.69) is 15.3 Å². The lowest BCUT2D eigenvalue weighted by Crippen LogP contribution is -2.05. The summed E-state index contributed by atoms with van der Waals surface area (Å²) in [4.78, 5) is 7.68. The van der Waals surface area contributed by atoms with E-state index in [0.717, 1.165) is 5.56 Å². The van der Waals surface area contributed by atoms with Gasteiger partial charge >= 0.3 is 0 Å². The first-order chi connectivity index (χ1) is 8.15. The highest BCUT2D eigenvalue weighted by Gasteiger charge is 2.03. The zero-order valence-corrected chi connectivity index (χ0v) is 9.58. The lowest BCUT2D eigenvalue weighted by molar-refractivity contribution is 0.626. The van der Waals surface area contributed by atoms with Crippen LogP contribution < -0.4 is 11.1 Å². The largest absolute Gasteiger partial charge is 0.368 e. The minimum absolute atomic E-state index is 0.135. The Morgan fingerprint density at radius 1 is 1.41 bits per heavy atom. The van der Waals surface area contributed by atoms with Crippen molar-refractivity contribution in [1.82, 2.24) is 9.97 Å². The first-order valence-corrected chi connectivity index (χ1v) is 5.29. The fourth-order valence-electron chi connectivity index (χ4n) is 1.34. The smallest absolute Gasteiger partial charge is 0.222 e. The average Bonchev–Trinajstić information content (AvgIpc) is 2.30. The number of nitrogens with zero attached hydrogens (tertiary/aromatic N) is 2. The van der Waals surface area contributed by atoms with Gasteiger partial charge < -0.3 is 11.1 Å². The van der Waals surface area contributed by atoms with Gasteiger partial charge in [0.1, 0.15) is 10.8 Å². The highest BCUT2D eigenvalue weighted by atomic mass is 35.5. The quantitative estimate of drug-likeness (QED) is 0.881. The number of aromatic nitrogens is 2. The van der Waals surface area contributed by atoms with Crippen molar-refractivity contribution in [1.29, 1.82) is 0 Å². The van der Waals surface area contributed by atoms with Crippen molar-refractivity contribution >= 4 is 23.4 Å². The summed E-state index contributed by atoms with van der Waals surface area (Å²) in [6, 6.07) is 6.27. The Kier molecular flexibility index (Phi) is 3.39. The third-order valence-electron chi connectivity index (χ3n) is 2.11. The highest BCUT2D eigenvalue weighted by molar-refractivity contribution is 6.32. The predicted molar refractivity (Wildman–Crippen MR) is 65.2 cm³/mol. The van der Waals surface area contributed by atoms with Crippen molar-refractivity contribution in [3.05, 3.63) is 46.9 Å². The van der Waals surface area contributed by atoms with E-state index in [4.69, 9.17) is 17.3 Å². The Hall–Kier alpha value is -1.88. The number of nitrogen functional groups attached to an aromatic ring is 1. The van der Waals surface area contributed by atoms with Gasteiger partial charge in [-0.2, -0.15) is 4.98 Å². The number of hydrogen-bond donors (Lipinski definition) is 2. The standard InChI is InChI=1S/C11H10ClFN4/c12-9-6-16-11(14)17-10(9)15-5-7-2-1-3-8(13)4-7/h1-4,6H,5H2,(H3,14,15,16,17). The van der Waals surface area contributed by atoms with Crippen molar-refractivity contribution < 1.29 is 4.39 Å². The molecule has 0 amide bonds. The maximum absolute atomic E-state index is 12.9. The molecule has 3 N–H and O–H groups in total. The second-order valence-electron chi connectivity index (χ2n) is 3.41. The fraction of sp³-hybridized carbons (Fsp3) is 0.0909. The first-order valence-electron chi connectivity index (χ1n) is 4.91. The van der Waals surface area contributed by atoms with Crippen LogP contribution in [-0.2, 0) is 6.54 Å². The average molecular weight is 253 g/mol. The molecule has 0 aliphatic rings. The van der Waals surface area contributed by atoms with Crippen LogP contribution in [0.4, 0.5) is 16.2 Å². The van der Waals surface area contributed by atoms with Gasteiger partial charge in [-0.1, -0.05) is 23.7 Å². The van der Waals surface area contributed by atoms with Crippen LogP contribution >= 0.6 is 11.6 Å². The van der Waals surface area contributed by atoms with Crippen molar-refractivity contribution in [2.45, 2.75) is 6.54 Å². The molecule has 1 heterocycles. The summed E-state index contributed by atoms with van der Waals surface area (Å²) >= 11 is 5.88. The normalized spacial score (nSPS) is 10.2. The van der Waals surface area contributed by atoms with Gasteiger partial charge in [-0.05, 0) is 17.7 Å². The number of halogens is 2. The van der Waals surface area contributed by atoms with Gasteiger partial charge in [-0.3, -0.25) is 0 Å². The summed E-state index contributed by atoms with van der Waals surface area (Å²) in [5.41, 5.74) is 6.23. The summed E-state index contributed by atoms with van der Waals surface area (Å²) in [5, 5.41) is 3.34. The minimum Gasteiger partial charge on any atom is -0.368 e. The van der Waals surface area contributed by atoms with Crippen LogP contribution in [0.25, 0.3) is 0 Å². The predicted octanol–water partition coefficient (Wildman–Crippen LogP) is 2.46. The van der Waals surface area contributed by atoms with E-state index in [1.807, 2.05) is 0 Å². The maximum Gasteiger partial charge on any atom is 0.222 e. The molecular weight excluding hydrogens is 243 g/mol. The zero-order chi connectivity index (χ0) is 12.3. The molecule has 2 rings (SSSR count). The summed E-state index contributed by atoms with van der Waals surface area (Å²) in [6.07, 6.45) is 1.41. The van der Waals surface area contributed by atoms with Gasteiger partial charge in [0.25, 0.3) is 0 Å². The van der Waals surface area contributed by atoms with Crippen LogP contribution in [0.1, 0.15) is 5.56 Å². The second-order valence-corrected chi connectivity index (χ2v) is 3.82. The molecule has 17 heavy (non-hydrogen) atoms. The van der Waals surface area contributed by atoms with Crippen molar-refractivity contribution in [2.75, 3.05) is 11.1 Å². The van der Waals surface area contributed by atoms with E-state index in [1.165, 1.54) is 18.3 Å². The van der Waals surface area contributed by atoms with E-state index >= 15 is 0 Å². The maximum atomic E-state index is 12.9. The molecular formula is C11H10ClFN4. The second kappa shape index (κ2) is 4.97. The molecule has 0 aliphatic heterocycles. The van der Waals surface area contributed by atoms with Crippen LogP contribution in [-0.4, -0.2) is 9.97 Å². The Morgan fingerprint density at radius 3 is 3.00 bits per heavy atom.